The van der Waals surface area contributed by atoms with Crippen molar-refractivity contribution < 1.29 is 14.7 Å². The Morgan fingerprint density at radius 1 is 1.21 bits per heavy atom. The summed E-state index contributed by atoms with van der Waals surface area (Å²) in [4.78, 5) is 24.6. The van der Waals surface area contributed by atoms with Gasteiger partial charge in [0.05, 0.1) is 6.42 Å². The molecule has 1 aliphatic carbocycles. The monoisotopic (exact) mass is 261 g/mol. The number of amides is 1. The largest absolute Gasteiger partial charge is 0.481 e. The van der Waals surface area contributed by atoms with Gasteiger partial charge in [0.25, 0.3) is 0 Å². The van der Waals surface area contributed by atoms with Crippen molar-refractivity contribution in [2.45, 2.75) is 32.1 Å². The van der Waals surface area contributed by atoms with Gasteiger partial charge in [0.1, 0.15) is 0 Å². The Morgan fingerprint density at radius 2 is 1.89 bits per heavy atom. The van der Waals surface area contributed by atoms with Gasteiger partial charge in [-0.05, 0) is 30.9 Å². The van der Waals surface area contributed by atoms with E-state index in [0.717, 1.165) is 18.5 Å². The molecule has 2 rings (SSSR count). The number of carbonyl (C=O) groups excluding carboxylic acids is 1. The minimum Gasteiger partial charge on any atom is -0.481 e. The van der Waals surface area contributed by atoms with Crippen LogP contribution < -0.4 is 4.90 Å². The third-order valence-electron chi connectivity index (χ3n) is 3.61. The summed E-state index contributed by atoms with van der Waals surface area (Å²) >= 11 is 0. The van der Waals surface area contributed by atoms with Gasteiger partial charge in [0.2, 0.25) is 5.91 Å². The Balaban J connectivity index is 2.04. The second-order valence-electron chi connectivity index (χ2n) is 5.03. The van der Waals surface area contributed by atoms with Crippen LogP contribution in [-0.2, 0) is 9.59 Å². The van der Waals surface area contributed by atoms with Crippen LogP contribution in [0.2, 0.25) is 0 Å². The van der Waals surface area contributed by atoms with Gasteiger partial charge >= 0.3 is 5.97 Å². The van der Waals surface area contributed by atoms with E-state index in [0.29, 0.717) is 12.3 Å². The van der Waals surface area contributed by atoms with Crippen molar-refractivity contribution in [1.29, 1.82) is 0 Å². The van der Waals surface area contributed by atoms with Crippen molar-refractivity contribution in [1.82, 2.24) is 0 Å². The highest BCUT2D eigenvalue weighted by Gasteiger charge is 2.24. The average Bonchev–Trinajstić information content (AvgIpc) is 2.35. The van der Waals surface area contributed by atoms with Crippen molar-refractivity contribution in [2.24, 2.45) is 5.92 Å². The molecule has 102 valence electrons. The van der Waals surface area contributed by atoms with Crippen molar-refractivity contribution in [3.63, 3.8) is 0 Å². The molecule has 0 heterocycles. The summed E-state index contributed by atoms with van der Waals surface area (Å²) < 4.78 is 0. The Labute approximate surface area is 113 Å². The minimum atomic E-state index is -0.877. The summed E-state index contributed by atoms with van der Waals surface area (Å²) in [5.41, 5.74) is 0.785. The van der Waals surface area contributed by atoms with E-state index in [2.05, 4.69) is 0 Å². The van der Waals surface area contributed by atoms with Crippen molar-refractivity contribution in [2.75, 3.05) is 11.4 Å². The van der Waals surface area contributed by atoms with Gasteiger partial charge in [-0.2, -0.15) is 0 Å². The van der Waals surface area contributed by atoms with Crippen molar-refractivity contribution in [3.8, 4) is 0 Å². The lowest BCUT2D eigenvalue weighted by Gasteiger charge is -2.29. The molecule has 0 unspecified atom stereocenters. The molecule has 1 N–H and O–H groups in total. The van der Waals surface area contributed by atoms with E-state index >= 15 is 0 Å². The zero-order valence-corrected chi connectivity index (χ0v) is 10.9. The van der Waals surface area contributed by atoms with Gasteiger partial charge in [0.15, 0.2) is 0 Å². The first-order valence-electron chi connectivity index (χ1n) is 6.74. The molecule has 1 aromatic rings. The summed E-state index contributed by atoms with van der Waals surface area (Å²) in [6.45, 7) is 0.241. The molecule has 0 aromatic heterocycles. The molecule has 4 heteroatoms. The lowest BCUT2D eigenvalue weighted by molar-refractivity contribution is -0.136. The van der Waals surface area contributed by atoms with Crippen LogP contribution in [0.3, 0.4) is 0 Å². The van der Waals surface area contributed by atoms with E-state index in [1.54, 1.807) is 4.90 Å². The van der Waals surface area contributed by atoms with Crippen LogP contribution in [0.4, 0.5) is 5.69 Å². The fraction of sp³-hybridized carbons (Fsp3) is 0.467. The molecule has 0 bridgehead atoms. The zero-order chi connectivity index (χ0) is 13.7. The molecule has 1 aliphatic rings. The molecular formula is C15H19NO3. The number of para-hydroxylation sites is 1. The standard InChI is InChI=1S/C15H19NO3/c17-14(11-12-5-4-6-12)16(10-9-15(18)19)13-7-2-1-3-8-13/h1-3,7-8,12H,4-6,9-11H2,(H,18,19). The SMILES string of the molecule is O=C(O)CCN(C(=O)CC1CCC1)c1ccccc1. The molecule has 1 aromatic carbocycles. The maximum absolute atomic E-state index is 12.3. The number of hydrogen-bond acceptors (Lipinski definition) is 2. The molecule has 0 radical (unpaired) electrons. The fourth-order valence-electron chi connectivity index (χ4n) is 2.27. The minimum absolute atomic E-state index is 0.0225. The van der Waals surface area contributed by atoms with Gasteiger partial charge in [-0.3, -0.25) is 9.59 Å². The summed E-state index contributed by atoms with van der Waals surface area (Å²) in [6.07, 6.45) is 3.96. The molecule has 1 fully saturated rings. The highest BCUT2D eigenvalue weighted by Crippen LogP contribution is 2.30. The summed E-state index contributed by atoms with van der Waals surface area (Å²) in [6, 6.07) is 9.30. The van der Waals surface area contributed by atoms with E-state index in [1.807, 2.05) is 30.3 Å². The number of carbonyl (C=O) groups is 2. The van der Waals surface area contributed by atoms with Crippen LogP contribution in [0.25, 0.3) is 0 Å². The Kier molecular flexibility index (Phi) is 4.55. The molecule has 0 atom stereocenters. The van der Waals surface area contributed by atoms with E-state index in [4.69, 9.17) is 5.11 Å². The number of benzene rings is 1. The van der Waals surface area contributed by atoms with Crippen LogP contribution >= 0.6 is 0 Å². The first-order valence-corrected chi connectivity index (χ1v) is 6.74. The predicted octanol–water partition coefficient (Wildman–Crippen LogP) is 2.68. The van der Waals surface area contributed by atoms with E-state index < -0.39 is 5.97 Å². The smallest absolute Gasteiger partial charge is 0.305 e. The molecule has 4 nitrogen and oxygen atoms in total. The number of hydrogen-bond donors (Lipinski definition) is 1. The van der Waals surface area contributed by atoms with Gasteiger partial charge < -0.3 is 10.0 Å². The third kappa shape index (κ3) is 3.81. The van der Waals surface area contributed by atoms with Crippen LogP contribution in [-0.4, -0.2) is 23.5 Å². The molecule has 19 heavy (non-hydrogen) atoms. The maximum Gasteiger partial charge on any atom is 0.305 e. The third-order valence-corrected chi connectivity index (χ3v) is 3.61. The Morgan fingerprint density at radius 3 is 2.42 bits per heavy atom. The first kappa shape index (κ1) is 13.6. The summed E-state index contributed by atoms with van der Waals surface area (Å²) in [7, 11) is 0. The predicted molar refractivity (Wildman–Crippen MR) is 73.0 cm³/mol. The summed E-state index contributed by atoms with van der Waals surface area (Å²) in [5.74, 6) is -0.349. The lowest BCUT2D eigenvalue weighted by atomic mass is 9.82. The van der Waals surface area contributed by atoms with Crippen LogP contribution in [0.1, 0.15) is 32.1 Å². The van der Waals surface area contributed by atoms with Gasteiger partial charge in [0, 0.05) is 18.7 Å². The van der Waals surface area contributed by atoms with Gasteiger partial charge in [-0.1, -0.05) is 24.6 Å². The molecule has 1 amide bonds. The number of anilines is 1. The molecule has 0 aliphatic heterocycles. The van der Waals surface area contributed by atoms with Crippen LogP contribution in [0.5, 0.6) is 0 Å². The molecular weight excluding hydrogens is 242 g/mol. The van der Waals surface area contributed by atoms with E-state index in [-0.39, 0.29) is 18.9 Å². The second kappa shape index (κ2) is 6.36. The topological polar surface area (TPSA) is 57.6 Å². The highest BCUT2D eigenvalue weighted by atomic mass is 16.4. The highest BCUT2D eigenvalue weighted by molar-refractivity contribution is 5.94. The lowest BCUT2D eigenvalue weighted by Crippen LogP contribution is -2.35. The van der Waals surface area contributed by atoms with Crippen LogP contribution in [0.15, 0.2) is 30.3 Å². The number of carboxylic acid groups (broad SMARTS) is 1. The van der Waals surface area contributed by atoms with E-state index in [1.165, 1.54) is 6.42 Å². The number of carboxylic acids is 1. The fourth-order valence-corrected chi connectivity index (χ4v) is 2.27. The molecule has 0 spiro atoms. The first-order chi connectivity index (χ1) is 9.16. The van der Waals surface area contributed by atoms with Gasteiger partial charge in [-0.15, -0.1) is 0 Å². The number of aliphatic carboxylic acids is 1. The Hall–Kier alpha value is -1.84. The van der Waals surface area contributed by atoms with Crippen molar-refractivity contribution >= 4 is 17.6 Å². The summed E-state index contributed by atoms with van der Waals surface area (Å²) in [5, 5.41) is 8.79. The van der Waals surface area contributed by atoms with Crippen LogP contribution in [0, 0.1) is 5.92 Å². The van der Waals surface area contributed by atoms with Gasteiger partial charge in [-0.25, -0.2) is 0 Å². The Bertz CT molecular complexity index is 440. The number of rotatable bonds is 6. The average molecular weight is 261 g/mol. The quantitative estimate of drug-likeness (QED) is 0.856. The van der Waals surface area contributed by atoms with E-state index in [9.17, 15) is 9.59 Å². The maximum atomic E-state index is 12.3. The van der Waals surface area contributed by atoms with Crippen molar-refractivity contribution in [3.05, 3.63) is 30.3 Å². The molecule has 1 saturated carbocycles. The molecule has 0 saturated heterocycles. The zero-order valence-electron chi connectivity index (χ0n) is 10.9. The number of nitrogens with zero attached hydrogens (tertiary/aromatic N) is 1. The second-order valence-corrected chi connectivity index (χ2v) is 5.03. The normalized spacial score (nSPS) is 14.7.